The van der Waals surface area contributed by atoms with Crippen LogP contribution in [-0.4, -0.2) is 0 Å². The largest absolute Gasteiger partial charge is 0.0891 e. The second-order valence-corrected chi connectivity index (χ2v) is 7.14. The van der Waals surface area contributed by atoms with Crippen molar-refractivity contribution in [2.24, 2.45) is 0 Å². The Morgan fingerprint density at radius 1 is 0.560 bits per heavy atom. The molecule has 4 aromatic rings. The van der Waals surface area contributed by atoms with Gasteiger partial charge in [-0.15, -0.1) is 0 Å². The first-order valence-electron chi connectivity index (χ1n) is 8.70. The van der Waals surface area contributed by atoms with Crippen LogP contribution in [0.1, 0.15) is 18.4 Å². The second-order valence-electron chi connectivity index (χ2n) is 6.66. The van der Waals surface area contributed by atoms with Crippen LogP contribution in [0.2, 0.25) is 0 Å². The van der Waals surface area contributed by atoms with Crippen LogP contribution in [0.3, 0.4) is 0 Å². The van der Waals surface area contributed by atoms with Crippen LogP contribution in [0.15, 0.2) is 83.9 Å². The summed E-state index contributed by atoms with van der Waals surface area (Å²) in [4.78, 5) is 0. The highest BCUT2D eigenvalue weighted by Gasteiger charge is 2.11. The lowest BCUT2D eigenvalue weighted by Crippen LogP contribution is -1.91. The molecule has 0 radical (unpaired) electrons. The zero-order chi connectivity index (χ0) is 16.8. The molecule has 4 aromatic carbocycles. The van der Waals surface area contributed by atoms with Crippen LogP contribution < -0.4 is 0 Å². The molecule has 0 atom stereocenters. The lowest BCUT2D eigenvalue weighted by Gasteiger charge is -2.15. The van der Waals surface area contributed by atoms with Gasteiger partial charge in [-0.3, -0.25) is 0 Å². The van der Waals surface area contributed by atoms with Gasteiger partial charge in [0, 0.05) is 5.03 Å². The highest BCUT2D eigenvalue weighted by atomic mass is 35.5. The standard InChI is InChI=1S/C24H17Cl/c25-18-12-9-16(10-13-18)17-11-14-23-21-7-2-1-5-19(21)20-6-3-4-8-22(20)24(23)15-17/h1-9,11-12,14-15H,10,13H2. The molecule has 0 spiro atoms. The molecule has 0 bridgehead atoms. The number of rotatable bonds is 1. The molecule has 0 heterocycles. The fourth-order valence-corrected chi connectivity index (χ4v) is 4.12. The van der Waals surface area contributed by atoms with Crippen molar-refractivity contribution in [3.63, 3.8) is 0 Å². The van der Waals surface area contributed by atoms with E-state index in [0.29, 0.717) is 0 Å². The van der Waals surface area contributed by atoms with Crippen molar-refractivity contribution < 1.29 is 0 Å². The van der Waals surface area contributed by atoms with Gasteiger partial charge in [0.1, 0.15) is 0 Å². The smallest absolute Gasteiger partial charge is 0.0184 e. The van der Waals surface area contributed by atoms with Gasteiger partial charge in [-0.25, -0.2) is 0 Å². The summed E-state index contributed by atoms with van der Waals surface area (Å²) in [6.07, 6.45) is 6.13. The zero-order valence-corrected chi connectivity index (χ0v) is 14.6. The second kappa shape index (κ2) is 5.75. The number of halogens is 1. The Bertz CT molecular complexity index is 1160. The van der Waals surface area contributed by atoms with Crippen LogP contribution in [0.4, 0.5) is 0 Å². The molecule has 1 aliphatic rings. The van der Waals surface area contributed by atoms with Gasteiger partial charge in [-0.1, -0.05) is 78.3 Å². The maximum atomic E-state index is 6.12. The molecule has 0 saturated carbocycles. The van der Waals surface area contributed by atoms with Gasteiger partial charge in [0.25, 0.3) is 0 Å². The van der Waals surface area contributed by atoms with E-state index >= 15 is 0 Å². The van der Waals surface area contributed by atoms with Crippen molar-refractivity contribution in [1.82, 2.24) is 0 Å². The van der Waals surface area contributed by atoms with E-state index in [1.165, 1.54) is 43.5 Å². The Morgan fingerprint density at radius 2 is 1.12 bits per heavy atom. The molecular weight excluding hydrogens is 324 g/mol. The lowest BCUT2D eigenvalue weighted by molar-refractivity contribution is 1.03. The van der Waals surface area contributed by atoms with Gasteiger partial charge < -0.3 is 0 Å². The van der Waals surface area contributed by atoms with E-state index in [2.05, 4.69) is 72.8 Å². The zero-order valence-electron chi connectivity index (χ0n) is 13.8. The van der Waals surface area contributed by atoms with E-state index in [4.69, 9.17) is 11.6 Å². The molecule has 1 aliphatic carbocycles. The predicted molar refractivity (Wildman–Crippen MR) is 110 cm³/mol. The fourth-order valence-electron chi connectivity index (χ4n) is 3.96. The number of allylic oxidation sites excluding steroid dienone is 4. The number of hydrogen-bond donors (Lipinski definition) is 0. The fraction of sp³-hybridized carbons (Fsp3) is 0.0833. The molecule has 0 saturated heterocycles. The van der Waals surface area contributed by atoms with Gasteiger partial charge in [-0.05, 0) is 68.4 Å². The summed E-state index contributed by atoms with van der Waals surface area (Å²) in [5, 5.41) is 8.89. The summed E-state index contributed by atoms with van der Waals surface area (Å²) >= 11 is 6.12. The van der Waals surface area contributed by atoms with Crippen molar-refractivity contribution >= 4 is 49.5 Å². The van der Waals surface area contributed by atoms with E-state index in [9.17, 15) is 0 Å². The molecule has 0 unspecified atom stereocenters. The maximum Gasteiger partial charge on any atom is 0.0184 e. The van der Waals surface area contributed by atoms with Gasteiger partial charge in [0.2, 0.25) is 0 Å². The molecule has 25 heavy (non-hydrogen) atoms. The maximum absolute atomic E-state index is 6.12. The van der Waals surface area contributed by atoms with Crippen LogP contribution in [0.5, 0.6) is 0 Å². The molecule has 5 rings (SSSR count). The van der Waals surface area contributed by atoms with Crippen LogP contribution in [0, 0.1) is 0 Å². The van der Waals surface area contributed by atoms with Gasteiger partial charge >= 0.3 is 0 Å². The quantitative estimate of drug-likeness (QED) is 0.316. The minimum absolute atomic E-state index is 0.934. The van der Waals surface area contributed by atoms with E-state index in [0.717, 1.165) is 17.9 Å². The van der Waals surface area contributed by atoms with Gasteiger partial charge in [0.15, 0.2) is 0 Å². The van der Waals surface area contributed by atoms with E-state index in [1.807, 2.05) is 6.08 Å². The summed E-state index contributed by atoms with van der Waals surface area (Å²) in [7, 11) is 0. The molecule has 0 N–H and O–H groups in total. The third kappa shape index (κ3) is 2.37. The molecule has 1 heteroatoms. The number of benzene rings is 4. The average Bonchev–Trinajstić information content (AvgIpc) is 2.68. The van der Waals surface area contributed by atoms with Gasteiger partial charge in [-0.2, -0.15) is 0 Å². The van der Waals surface area contributed by atoms with Crippen LogP contribution in [-0.2, 0) is 0 Å². The molecule has 0 nitrogen and oxygen atoms in total. The predicted octanol–water partition coefficient (Wildman–Crippen LogP) is 7.45. The molecule has 0 fully saturated rings. The molecule has 120 valence electrons. The Labute approximate surface area is 152 Å². The summed E-state index contributed by atoms with van der Waals surface area (Å²) in [5.41, 5.74) is 2.66. The molecular formula is C24H17Cl. The minimum Gasteiger partial charge on any atom is -0.0891 e. The molecule has 0 amide bonds. The Morgan fingerprint density at radius 3 is 1.68 bits per heavy atom. The van der Waals surface area contributed by atoms with Crippen molar-refractivity contribution in [3.05, 3.63) is 89.5 Å². The van der Waals surface area contributed by atoms with Crippen molar-refractivity contribution in [2.45, 2.75) is 12.8 Å². The average molecular weight is 341 g/mol. The first kappa shape index (κ1) is 14.7. The highest BCUT2D eigenvalue weighted by Crippen LogP contribution is 2.37. The summed E-state index contributed by atoms with van der Waals surface area (Å²) < 4.78 is 0. The monoisotopic (exact) mass is 340 g/mol. The number of fused-ring (bicyclic) bond motifs is 6. The van der Waals surface area contributed by atoms with Crippen LogP contribution >= 0.6 is 11.6 Å². The summed E-state index contributed by atoms with van der Waals surface area (Å²) in [5.74, 6) is 0. The van der Waals surface area contributed by atoms with E-state index in [-0.39, 0.29) is 0 Å². The SMILES string of the molecule is ClC1=CC=C(c2ccc3c4ccccc4c4ccccc4c3c2)CC1. The van der Waals surface area contributed by atoms with Crippen LogP contribution in [0.25, 0.3) is 37.9 Å². The molecule has 0 aliphatic heterocycles. The van der Waals surface area contributed by atoms with Crippen molar-refractivity contribution in [2.75, 3.05) is 0 Å². The summed E-state index contributed by atoms with van der Waals surface area (Å²) in [6, 6.07) is 24.3. The summed E-state index contributed by atoms with van der Waals surface area (Å²) in [6.45, 7) is 0. The third-order valence-electron chi connectivity index (χ3n) is 5.21. The Kier molecular flexibility index (Phi) is 3.39. The topological polar surface area (TPSA) is 0 Å². The Balaban J connectivity index is 1.88. The Hall–Kier alpha value is -2.57. The first-order chi connectivity index (χ1) is 12.3. The number of hydrogen-bond acceptors (Lipinski definition) is 0. The van der Waals surface area contributed by atoms with Crippen molar-refractivity contribution in [1.29, 1.82) is 0 Å². The minimum atomic E-state index is 0.934. The van der Waals surface area contributed by atoms with E-state index < -0.39 is 0 Å². The molecule has 0 aromatic heterocycles. The normalized spacial score (nSPS) is 14.8. The highest BCUT2D eigenvalue weighted by molar-refractivity contribution is 6.30. The first-order valence-corrected chi connectivity index (χ1v) is 9.08. The lowest BCUT2D eigenvalue weighted by atomic mass is 9.90. The van der Waals surface area contributed by atoms with Gasteiger partial charge in [0.05, 0.1) is 0 Å². The van der Waals surface area contributed by atoms with E-state index in [1.54, 1.807) is 0 Å². The third-order valence-corrected chi connectivity index (χ3v) is 5.53. The van der Waals surface area contributed by atoms with Crippen molar-refractivity contribution in [3.8, 4) is 0 Å².